The lowest BCUT2D eigenvalue weighted by molar-refractivity contribution is 0.436. The lowest BCUT2D eigenvalue weighted by Gasteiger charge is -2.39. The minimum absolute atomic E-state index is 0.557. The van der Waals surface area contributed by atoms with E-state index in [0.717, 1.165) is 45.4 Å². The van der Waals surface area contributed by atoms with E-state index in [9.17, 15) is 0 Å². The quantitative estimate of drug-likeness (QED) is 0.186. The summed E-state index contributed by atoms with van der Waals surface area (Å²) in [5.74, 6) is 1.79. The summed E-state index contributed by atoms with van der Waals surface area (Å²) in [6.45, 7) is 0. The molecule has 3 heteroatoms. The Morgan fingerprint density at radius 2 is 0.865 bits per heavy atom. The van der Waals surface area contributed by atoms with Crippen LogP contribution in [0.2, 0.25) is 0 Å². The second-order valence-corrected chi connectivity index (χ2v) is 13.7. The van der Waals surface area contributed by atoms with Crippen molar-refractivity contribution in [1.29, 1.82) is 0 Å². The molecule has 9 aromatic rings. The van der Waals surface area contributed by atoms with Crippen molar-refractivity contribution in [3.8, 4) is 28.3 Å². The summed E-state index contributed by atoms with van der Waals surface area (Å²) in [5.41, 5.74) is 13.6. The van der Waals surface area contributed by atoms with Gasteiger partial charge in [-0.3, -0.25) is 0 Å². The molecule has 0 amide bonds. The molecule has 0 fully saturated rings. The highest BCUT2D eigenvalue weighted by molar-refractivity contribution is 6.09. The van der Waals surface area contributed by atoms with Gasteiger partial charge in [-0.2, -0.15) is 0 Å². The summed E-state index contributed by atoms with van der Waals surface area (Å²) in [7, 11) is 0. The van der Waals surface area contributed by atoms with E-state index in [2.05, 4.69) is 204 Å². The topological polar surface area (TPSA) is 17.4 Å². The zero-order valence-corrected chi connectivity index (χ0v) is 28.3. The number of hydrogen-bond donors (Lipinski definition) is 0. The number of fused-ring (bicyclic) bond motifs is 12. The maximum Gasteiger partial charge on any atom is 0.132 e. The Morgan fingerprint density at radius 3 is 1.46 bits per heavy atom. The van der Waals surface area contributed by atoms with Crippen LogP contribution in [-0.2, 0) is 5.41 Å². The number of rotatable bonds is 4. The highest BCUT2D eigenvalue weighted by Gasteiger charge is 2.51. The van der Waals surface area contributed by atoms with Gasteiger partial charge in [0, 0.05) is 44.6 Å². The van der Waals surface area contributed by atoms with E-state index in [1.54, 1.807) is 0 Å². The summed E-state index contributed by atoms with van der Waals surface area (Å²) in [6, 6.07) is 70.1. The van der Waals surface area contributed by atoms with Crippen LogP contribution in [0.5, 0.6) is 11.5 Å². The Kier molecular flexibility index (Phi) is 6.17. The van der Waals surface area contributed by atoms with Crippen LogP contribution in [0.25, 0.3) is 38.6 Å². The summed E-state index contributed by atoms with van der Waals surface area (Å²) in [6.07, 6.45) is 0. The standard InChI is InChI=1S/C49H32N2O/c1-3-15-33(16-4-1)50(34-17-5-2-6-18-34)35-27-29-41-39(31-35)40-32-36(51-45-23-11-7-19-37(45)38-20-8-12-24-46(38)51)28-30-42(40)49(41)43-21-9-13-25-47(43)52-48-26-14-10-22-44(48)49/h1-32H. The molecule has 244 valence electrons. The Bertz CT molecular complexity index is 2700. The molecule has 1 aliphatic heterocycles. The van der Waals surface area contributed by atoms with Gasteiger partial charge in [-0.05, 0) is 95.1 Å². The summed E-state index contributed by atoms with van der Waals surface area (Å²) >= 11 is 0. The van der Waals surface area contributed by atoms with Crippen molar-refractivity contribution < 1.29 is 4.74 Å². The maximum absolute atomic E-state index is 6.64. The van der Waals surface area contributed by atoms with E-state index in [1.807, 2.05) is 0 Å². The molecule has 52 heavy (non-hydrogen) atoms. The molecule has 1 spiro atoms. The summed E-state index contributed by atoms with van der Waals surface area (Å²) < 4.78 is 9.06. The van der Waals surface area contributed by atoms with Crippen molar-refractivity contribution >= 4 is 38.9 Å². The fourth-order valence-corrected chi connectivity index (χ4v) is 8.96. The Morgan fingerprint density at radius 1 is 0.385 bits per heavy atom. The van der Waals surface area contributed by atoms with Gasteiger partial charge in [-0.1, -0.05) is 121 Å². The predicted molar refractivity (Wildman–Crippen MR) is 213 cm³/mol. The van der Waals surface area contributed by atoms with E-state index >= 15 is 0 Å². The highest BCUT2D eigenvalue weighted by atomic mass is 16.5. The molecule has 2 aliphatic rings. The largest absolute Gasteiger partial charge is 0.457 e. The molecule has 0 bridgehead atoms. The molecule has 11 rings (SSSR count). The number of aromatic nitrogens is 1. The Balaban J connectivity index is 1.23. The smallest absolute Gasteiger partial charge is 0.132 e. The third-order valence-electron chi connectivity index (χ3n) is 11.0. The van der Waals surface area contributed by atoms with E-state index in [1.165, 1.54) is 44.1 Å². The molecular weight excluding hydrogens is 633 g/mol. The molecule has 8 aromatic carbocycles. The number of hydrogen-bond acceptors (Lipinski definition) is 2. The molecule has 0 N–H and O–H groups in total. The summed E-state index contributed by atoms with van der Waals surface area (Å²) in [5, 5.41) is 2.51. The highest BCUT2D eigenvalue weighted by Crippen LogP contribution is 2.63. The van der Waals surface area contributed by atoms with Crippen molar-refractivity contribution in [1.82, 2.24) is 4.57 Å². The van der Waals surface area contributed by atoms with Gasteiger partial charge in [0.05, 0.1) is 16.4 Å². The fraction of sp³-hybridized carbons (Fsp3) is 0.0204. The van der Waals surface area contributed by atoms with Crippen LogP contribution in [-0.4, -0.2) is 4.57 Å². The zero-order valence-electron chi connectivity index (χ0n) is 28.3. The average Bonchev–Trinajstić information content (AvgIpc) is 3.69. The van der Waals surface area contributed by atoms with Gasteiger partial charge in [0.25, 0.3) is 0 Å². The number of anilines is 3. The molecule has 0 saturated heterocycles. The van der Waals surface area contributed by atoms with Crippen molar-refractivity contribution in [3.05, 3.63) is 216 Å². The van der Waals surface area contributed by atoms with Crippen LogP contribution < -0.4 is 9.64 Å². The van der Waals surface area contributed by atoms with Gasteiger partial charge in [-0.15, -0.1) is 0 Å². The average molecular weight is 665 g/mol. The maximum atomic E-state index is 6.64. The Labute approximate surface area is 302 Å². The van der Waals surface area contributed by atoms with Gasteiger partial charge < -0.3 is 14.2 Å². The number of benzene rings is 8. The minimum atomic E-state index is -0.557. The molecule has 3 nitrogen and oxygen atoms in total. The number of ether oxygens (including phenoxy) is 1. The van der Waals surface area contributed by atoms with Crippen molar-refractivity contribution in [2.75, 3.05) is 4.90 Å². The predicted octanol–water partition coefficient (Wildman–Crippen LogP) is 12.7. The second kappa shape index (κ2) is 11.1. The molecule has 1 aromatic heterocycles. The van der Waals surface area contributed by atoms with Crippen LogP contribution >= 0.6 is 0 Å². The first-order valence-electron chi connectivity index (χ1n) is 17.9. The van der Waals surface area contributed by atoms with Crippen molar-refractivity contribution in [2.24, 2.45) is 0 Å². The lowest BCUT2D eigenvalue weighted by atomic mass is 9.66. The second-order valence-electron chi connectivity index (χ2n) is 13.7. The van der Waals surface area contributed by atoms with Gasteiger partial charge in [0.2, 0.25) is 0 Å². The normalized spacial score (nSPS) is 13.3. The van der Waals surface area contributed by atoms with Gasteiger partial charge in [0.1, 0.15) is 11.5 Å². The molecular formula is C49H32N2O. The first-order valence-corrected chi connectivity index (χ1v) is 17.9. The number of nitrogens with zero attached hydrogens (tertiary/aromatic N) is 2. The van der Waals surface area contributed by atoms with Crippen molar-refractivity contribution in [2.45, 2.75) is 5.41 Å². The monoisotopic (exact) mass is 664 g/mol. The zero-order chi connectivity index (χ0) is 34.2. The van der Waals surface area contributed by atoms with Crippen LogP contribution in [0.3, 0.4) is 0 Å². The third-order valence-corrected chi connectivity index (χ3v) is 11.0. The first kappa shape index (κ1) is 28.9. The molecule has 0 atom stereocenters. The van der Waals surface area contributed by atoms with Gasteiger partial charge in [0.15, 0.2) is 0 Å². The number of para-hydroxylation sites is 6. The lowest BCUT2D eigenvalue weighted by Crippen LogP contribution is -2.32. The molecule has 0 radical (unpaired) electrons. The minimum Gasteiger partial charge on any atom is -0.457 e. The van der Waals surface area contributed by atoms with E-state index < -0.39 is 5.41 Å². The SMILES string of the molecule is c1ccc(N(c2ccccc2)c2ccc3c(c2)-c2cc(-n4c5ccccc5c5ccccc54)ccc2C32c3ccccc3Oc3ccccc32)cc1. The van der Waals surface area contributed by atoms with Crippen molar-refractivity contribution in [3.63, 3.8) is 0 Å². The van der Waals surface area contributed by atoms with E-state index in [4.69, 9.17) is 4.74 Å². The van der Waals surface area contributed by atoms with E-state index in [0.29, 0.717) is 0 Å². The third kappa shape index (κ3) is 3.96. The Hall–Kier alpha value is -6.84. The van der Waals surface area contributed by atoms with Crippen LogP contribution in [0.1, 0.15) is 22.3 Å². The molecule has 0 unspecified atom stereocenters. The first-order chi connectivity index (χ1) is 25.8. The van der Waals surface area contributed by atoms with E-state index in [-0.39, 0.29) is 0 Å². The van der Waals surface area contributed by atoms with Crippen LogP contribution in [0.4, 0.5) is 17.1 Å². The van der Waals surface area contributed by atoms with Crippen LogP contribution in [0.15, 0.2) is 194 Å². The molecule has 0 saturated carbocycles. The van der Waals surface area contributed by atoms with Gasteiger partial charge in [-0.25, -0.2) is 0 Å². The molecule has 1 aliphatic carbocycles. The fourth-order valence-electron chi connectivity index (χ4n) is 8.96. The summed E-state index contributed by atoms with van der Waals surface area (Å²) in [4.78, 5) is 2.35. The molecule has 2 heterocycles. The van der Waals surface area contributed by atoms with Crippen LogP contribution in [0, 0.1) is 0 Å². The van der Waals surface area contributed by atoms with Gasteiger partial charge >= 0.3 is 0 Å².